The van der Waals surface area contributed by atoms with E-state index < -0.39 is 36.8 Å². The number of sulfone groups is 1. The monoisotopic (exact) mass is 404 g/mol. The molecule has 1 aromatic rings. The second kappa shape index (κ2) is 7.53. The molecule has 1 N–H and O–H groups in total. The topological polar surface area (TPSA) is 112 Å². The summed E-state index contributed by atoms with van der Waals surface area (Å²) in [4.78, 5) is 13.4. The number of amides is 1. The van der Waals surface area contributed by atoms with E-state index in [2.05, 4.69) is 0 Å². The molecule has 2 rings (SSSR count). The highest BCUT2D eigenvalue weighted by Gasteiger charge is 2.33. The highest BCUT2D eigenvalue weighted by atomic mass is 32.2. The third kappa shape index (κ3) is 4.36. The SMILES string of the molecule is Cc1ccc(O)c(S(=O)(=O)N2CCN(C(=O)CS(=O)(=O)C(C)C)CC2)c1. The van der Waals surface area contributed by atoms with Crippen LogP contribution in [-0.2, 0) is 24.7 Å². The van der Waals surface area contributed by atoms with Crippen LogP contribution >= 0.6 is 0 Å². The van der Waals surface area contributed by atoms with E-state index in [1.165, 1.54) is 35.2 Å². The molecule has 0 aliphatic carbocycles. The van der Waals surface area contributed by atoms with Crippen LogP contribution in [0.15, 0.2) is 23.1 Å². The molecule has 146 valence electrons. The lowest BCUT2D eigenvalue weighted by atomic mass is 10.2. The number of nitrogens with zero attached hydrogens (tertiary/aromatic N) is 2. The van der Waals surface area contributed by atoms with Gasteiger partial charge in [0.1, 0.15) is 16.4 Å². The zero-order valence-electron chi connectivity index (χ0n) is 15.0. The van der Waals surface area contributed by atoms with Crippen LogP contribution < -0.4 is 0 Å². The van der Waals surface area contributed by atoms with Crippen molar-refractivity contribution in [2.24, 2.45) is 0 Å². The maximum absolute atomic E-state index is 12.7. The van der Waals surface area contributed by atoms with Crippen molar-refractivity contribution in [3.05, 3.63) is 23.8 Å². The van der Waals surface area contributed by atoms with Gasteiger partial charge in [0, 0.05) is 26.2 Å². The molecule has 1 saturated heterocycles. The summed E-state index contributed by atoms with van der Waals surface area (Å²) in [5.74, 6) is -1.41. The van der Waals surface area contributed by atoms with Gasteiger partial charge in [0.15, 0.2) is 9.84 Å². The molecule has 1 fully saturated rings. The lowest BCUT2D eigenvalue weighted by Gasteiger charge is -2.34. The molecule has 1 aliphatic rings. The lowest BCUT2D eigenvalue weighted by Crippen LogP contribution is -2.51. The fraction of sp³-hybridized carbons (Fsp3) is 0.562. The number of phenols is 1. The Bertz CT molecular complexity index is 885. The van der Waals surface area contributed by atoms with Gasteiger partial charge >= 0.3 is 0 Å². The molecule has 1 aliphatic heterocycles. The minimum atomic E-state index is -3.89. The Morgan fingerprint density at radius 1 is 1.12 bits per heavy atom. The minimum absolute atomic E-state index is 0.0448. The molecule has 0 aromatic heterocycles. The fourth-order valence-corrected chi connectivity index (χ4v) is 5.02. The molecule has 0 unspecified atom stereocenters. The zero-order chi connectivity index (χ0) is 19.7. The normalized spacial score (nSPS) is 16.8. The highest BCUT2D eigenvalue weighted by Crippen LogP contribution is 2.27. The minimum Gasteiger partial charge on any atom is -0.507 e. The van der Waals surface area contributed by atoms with Gasteiger partial charge in [-0.25, -0.2) is 16.8 Å². The predicted octanol–water partition coefficient (Wildman–Crippen LogP) is 0.357. The molecular weight excluding hydrogens is 380 g/mol. The van der Waals surface area contributed by atoms with Crippen LogP contribution in [0, 0.1) is 6.92 Å². The van der Waals surface area contributed by atoms with Gasteiger partial charge in [0.2, 0.25) is 15.9 Å². The number of phenolic OH excluding ortho intramolecular Hbond substituents is 1. The Labute approximate surface area is 154 Å². The third-order valence-electron chi connectivity index (χ3n) is 4.37. The number of carbonyl (C=O) groups is 1. The van der Waals surface area contributed by atoms with Crippen molar-refractivity contribution in [3.8, 4) is 5.75 Å². The summed E-state index contributed by atoms with van der Waals surface area (Å²) < 4.78 is 50.4. The van der Waals surface area contributed by atoms with Crippen molar-refractivity contribution < 1.29 is 26.7 Å². The van der Waals surface area contributed by atoms with Crippen LogP contribution in [0.5, 0.6) is 5.75 Å². The number of aryl methyl sites for hydroxylation is 1. The summed E-state index contributed by atoms with van der Waals surface area (Å²) in [5, 5.41) is 9.24. The van der Waals surface area contributed by atoms with E-state index in [0.717, 1.165) is 0 Å². The van der Waals surface area contributed by atoms with Gasteiger partial charge < -0.3 is 10.0 Å². The van der Waals surface area contributed by atoms with Gasteiger partial charge in [0.05, 0.1) is 5.25 Å². The van der Waals surface area contributed by atoms with E-state index in [4.69, 9.17) is 0 Å². The van der Waals surface area contributed by atoms with Crippen molar-refractivity contribution in [3.63, 3.8) is 0 Å². The maximum Gasteiger partial charge on any atom is 0.246 e. The number of hydrogen-bond donors (Lipinski definition) is 1. The van der Waals surface area contributed by atoms with Crippen molar-refractivity contribution in [1.29, 1.82) is 0 Å². The molecule has 26 heavy (non-hydrogen) atoms. The number of rotatable bonds is 5. The van der Waals surface area contributed by atoms with Gasteiger partial charge in [-0.05, 0) is 38.5 Å². The fourth-order valence-electron chi connectivity index (χ4n) is 2.57. The quantitative estimate of drug-likeness (QED) is 0.758. The Morgan fingerprint density at radius 3 is 2.23 bits per heavy atom. The van der Waals surface area contributed by atoms with E-state index >= 15 is 0 Å². The first kappa shape index (κ1) is 20.7. The second-order valence-corrected chi connectivity index (χ2v) is 11.1. The van der Waals surface area contributed by atoms with Crippen molar-refractivity contribution in [2.75, 3.05) is 31.9 Å². The van der Waals surface area contributed by atoms with E-state index in [9.17, 15) is 26.7 Å². The average Bonchev–Trinajstić information content (AvgIpc) is 2.56. The van der Waals surface area contributed by atoms with Gasteiger partial charge in [-0.3, -0.25) is 4.79 Å². The molecule has 1 heterocycles. The molecular formula is C16H24N2O6S2. The summed E-state index contributed by atoms with van der Waals surface area (Å²) in [5.41, 5.74) is 0.703. The zero-order valence-corrected chi connectivity index (χ0v) is 16.7. The highest BCUT2D eigenvalue weighted by molar-refractivity contribution is 7.92. The standard InChI is InChI=1S/C16H24N2O6S2/c1-12(2)25(21,22)11-16(20)17-6-8-18(9-7-17)26(23,24)15-10-13(3)4-5-14(15)19/h4-5,10,12,19H,6-9,11H2,1-3H3. The van der Waals surface area contributed by atoms with E-state index in [1.54, 1.807) is 13.0 Å². The van der Waals surface area contributed by atoms with E-state index in [-0.39, 0.29) is 36.8 Å². The molecule has 8 nitrogen and oxygen atoms in total. The molecule has 0 radical (unpaired) electrons. The van der Waals surface area contributed by atoms with Crippen LogP contribution in [0.4, 0.5) is 0 Å². The number of hydrogen-bond acceptors (Lipinski definition) is 6. The van der Waals surface area contributed by atoms with Crippen molar-refractivity contribution >= 4 is 25.8 Å². The molecule has 1 amide bonds. The van der Waals surface area contributed by atoms with Crippen LogP contribution in [0.2, 0.25) is 0 Å². The van der Waals surface area contributed by atoms with Gasteiger partial charge in [-0.1, -0.05) is 6.07 Å². The van der Waals surface area contributed by atoms with Crippen LogP contribution in [0.3, 0.4) is 0 Å². The van der Waals surface area contributed by atoms with E-state index in [0.29, 0.717) is 5.56 Å². The van der Waals surface area contributed by atoms with Gasteiger partial charge in [-0.2, -0.15) is 4.31 Å². The molecule has 0 saturated carbocycles. The van der Waals surface area contributed by atoms with Crippen molar-refractivity contribution in [2.45, 2.75) is 30.9 Å². The van der Waals surface area contributed by atoms with Crippen LogP contribution in [0.1, 0.15) is 19.4 Å². The average molecular weight is 405 g/mol. The summed E-state index contributed by atoms with van der Waals surface area (Å²) >= 11 is 0. The number of carbonyl (C=O) groups excluding carboxylic acids is 1. The summed E-state index contributed by atoms with van der Waals surface area (Å²) in [7, 11) is -7.38. The first-order valence-corrected chi connectivity index (χ1v) is 11.4. The Kier molecular flexibility index (Phi) is 5.99. The Morgan fingerprint density at radius 2 is 1.69 bits per heavy atom. The molecule has 1 aromatic carbocycles. The number of sulfonamides is 1. The molecule has 0 atom stereocenters. The molecule has 10 heteroatoms. The first-order valence-electron chi connectivity index (χ1n) is 8.24. The lowest BCUT2D eigenvalue weighted by molar-refractivity contribution is -0.129. The molecule has 0 spiro atoms. The van der Waals surface area contributed by atoms with E-state index in [1.807, 2.05) is 0 Å². The smallest absolute Gasteiger partial charge is 0.246 e. The van der Waals surface area contributed by atoms with Gasteiger partial charge in [-0.15, -0.1) is 0 Å². The Hall–Kier alpha value is -1.65. The number of piperazine rings is 1. The van der Waals surface area contributed by atoms with Crippen molar-refractivity contribution in [1.82, 2.24) is 9.21 Å². The second-order valence-electron chi connectivity index (χ2n) is 6.61. The first-order chi connectivity index (χ1) is 11.9. The Balaban J connectivity index is 2.08. The van der Waals surface area contributed by atoms with Crippen LogP contribution in [0.25, 0.3) is 0 Å². The maximum atomic E-state index is 12.7. The third-order valence-corrected chi connectivity index (χ3v) is 8.38. The summed E-state index contributed by atoms with van der Waals surface area (Å²) in [6.45, 7) is 5.07. The summed E-state index contributed by atoms with van der Waals surface area (Å²) in [6, 6.07) is 4.34. The van der Waals surface area contributed by atoms with Crippen LogP contribution in [-0.4, -0.2) is 74.2 Å². The van der Waals surface area contributed by atoms with Gasteiger partial charge in [0.25, 0.3) is 0 Å². The largest absolute Gasteiger partial charge is 0.507 e. The summed E-state index contributed by atoms with van der Waals surface area (Å²) in [6.07, 6.45) is 0. The number of benzene rings is 1. The molecule has 0 bridgehead atoms. The predicted molar refractivity (Wildman–Crippen MR) is 97.1 cm³/mol. The number of aromatic hydroxyl groups is 1.